The van der Waals surface area contributed by atoms with Crippen molar-refractivity contribution in [2.75, 3.05) is 32.7 Å². The smallest absolute Gasteiger partial charge is 0.336 e. The van der Waals surface area contributed by atoms with Crippen LogP contribution in [0.5, 0.6) is 0 Å². The number of hydrogen-bond acceptors (Lipinski definition) is 3. The predicted octanol–water partition coefficient (Wildman–Crippen LogP) is 1.55. The number of amides is 1. The van der Waals surface area contributed by atoms with Crippen molar-refractivity contribution in [2.24, 2.45) is 5.92 Å². The number of rotatable bonds is 4. The molecule has 0 aromatic heterocycles. The Balaban J connectivity index is 1.64. The number of benzene rings is 1. The van der Waals surface area contributed by atoms with Gasteiger partial charge in [0.05, 0.1) is 11.1 Å². The van der Waals surface area contributed by atoms with E-state index >= 15 is 0 Å². The second-order valence-corrected chi connectivity index (χ2v) is 5.89. The zero-order valence-electron chi connectivity index (χ0n) is 12.0. The summed E-state index contributed by atoms with van der Waals surface area (Å²) in [6.07, 6.45) is 2.68. The highest BCUT2D eigenvalue weighted by molar-refractivity contribution is 6.04. The summed E-state index contributed by atoms with van der Waals surface area (Å²) in [6, 6.07) is 6.44. The molecule has 0 unspecified atom stereocenters. The third-order valence-corrected chi connectivity index (χ3v) is 4.26. The lowest BCUT2D eigenvalue weighted by atomic mass is 10.1. The Hall–Kier alpha value is -1.88. The minimum absolute atomic E-state index is 0.0860. The zero-order valence-corrected chi connectivity index (χ0v) is 12.0. The highest BCUT2D eigenvalue weighted by Gasteiger charge is 2.28. The van der Waals surface area contributed by atoms with Crippen molar-refractivity contribution < 1.29 is 14.7 Å². The molecule has 0 spiro atoms. The summed E-state index contributed by atoms with van der Waals surface area (Å²) in [5.74, 6) is -0.356. The molecule has 1 aromatic carbocycles. The Bertz CT molecular complexity index is 546. The van der Waals surface area contributed by atoms with Gasteiger partial charge < -0.3 is 10.0 Å². The van der Waals surface area contributed by atoms with Crippen LogP contribution in [0.25, 0.3) is 0 Å². The molecule has 1 aliphatic carbocycles. The molecule has 1 saturated carbocycles. The van der Waals surface area contributed by atoms with Gasteiger partial charge in [-0.3, -0.25) is 9.69 Å². The SMILES string of the molecule is O=C(O)c1ccccc1C(=O)N1CCN(CC2CC2)CC1. The molecule has 2 aliphatic rings. The van der Waals surface area contributed by atoms with E-state index in [1.165, 1.54) is 18.9 Å². The van der Waals surface area contributed by atoms with E-state index < -0.39 is 5.97 Å². The predicted molar refractivity (Wildman–Crippen MR) is 78.5 cm³/mol. The van der Waals surface area contributed by atoms with E-state index in [0.29, 0.717) is 18.7 Å². The molecule has 2 fully saturated rings. The highest BCUT2D eigenvalue weighted by atomic mass is 16.4. The molecule has 1 amide bonds. The second-order valence-electron chi connectivity index (χ2n) is 5.89. The van der Waals surface area contributed by atoms with Gasteiger partial charge in [-0.05, 0) is 30.9 Å². The summed E-state index contributed by atoms with van der Waals surface area (Å²) in [5.41, 5.74) is 0.378. The van der Waals surface area contributed by atoms with Crippen molar-refractivity contribution in [2.45, 2.75) is 12.8 Å². The van der Waals surface area contributed by atoms with Gasteiger partial charge in [0.25, 0.3) is 5.91 Å². The average molecular weight is 288 g/mol. The molecule has 1 aliphatic heterocycles. The molecule has 1 N–H and O–H groups in total. The molecule has 112 valence electrons. The lowest BCUT2D eigenvalue weighted by molar-refractivity contribution is 0.0612. The molecular formula is C16H20N2O3. The van der Waals surface area contributed by atoms with Gasteiger partial charge >= 0.3 is 5.97 Å². The third-order valence-electron chi connectivity index (χ3n) is 4.26. The Kier molecular flexibility index (Phi) is 3.92. The first-order chi connectivity index (χ1) is 10.1. The van der Waals surface area contributed by atoms with Gasteiger partial charge in [-0.1, -0.05) is 12.1 Å². The van der Waals surface area contributed by atoms with Gasteiger partial charge in [0.1, 0.15) is 0 Å². The summed E-state index contributed by atoms with van der Waals surface area (Å²) in [6.45, 7) is 4.28. The number of hydrogen-bond donors (Lipinski definition) is 1. The number of carboxylic acid groups (broad SMARTS) is 1. The molecule has 21 heavy (non-hydrogen) atoms. The van der Waals surface area contributed by atoms with E-state index in [-0.39, 0.29) is 11.5 Å². The van der Waals surface area contributed by atoms with Crippen LogP contribution in [-0.2, 0) is 0 Å². The van der Waals surface area contributed by atoms with Crippen LogP contribution in [-0.4, -0.2) is 59.5 Å². The van der Waals surface area contributed by atoms with Crippen molar-refractivity contribution in [3.63, 3.8) is 0 Å². The molecule has 0 atom stereocenters. The number of carbonyl (C=O) groups is 2. The van der Waals surface area contributed by atoms with E-state index in [0.717, 1.165) is 25.6 Å². The van der Waals surface area contributed by atoms with E-state index in [2.05, 4.69) is 4.90 Å². The summed E-state index contributed by atoms with van der Waals surface area (Å²) < 4.78 is 0. The van der Waals surface area contributed by atoms with Gasteiger partial charge in [0, 0.05) is 32.7 Å². The molecule has 1 heterocycles. The first-order valence-electron chi connectivity index (χ1n) is 7.49. The summed E-state index contributed by atoms with van der Waals surface area (Å²) in [4.78, 5) is 27.9. The molecule has 1 aromatic rings. The maximum absolute atomic E-state index is 12.5. The third kappa shape index (κ3) is 3.24. The standard InChI is InChI=1S/C16H20N2O3/c19-15(13-3-1-2-4-14(13)16(20)21)18-9-7-17(8-10-18)11-12-5-6-12/h1-4,12H,5-11H2,(H,20,21). The van der Waals surface area contributed by atoms with E-state index in [1.807, 2.05) is 0 Å². The van der Waals surface area contributed by atoms with Crippen molar-refractivity contribution in [1.82, 2.24) is 9.80 Å². The largest absolute Gasteiger partial charge is 0.478 e. The molecule has 0 bridgehead atoms. The topological polar surface area (TPSA) is 60.9 Å². The summed E-state index contributed by atoms with van der Waals surface area (Å²) >= 11 is 0. The minimum Gasteiger partial charge on any atom is -0.478 e. The zero-order chi connectivity index (χ0) is 14.8. The fourth-order valence-corrected chi connectivity index (χ4v) is 2.83. The lowest BCUT2D eigenvalue weighted by Gasteiger charge is -2.35. The van der Waals surface area contributed by atoms with Crippen LogP contribution in [0.3, 0.4) is 0 Å². The fraction of sp³-hybridized carbons (Fsp3) is 0.500. The first-order valence-corrected chi connectivity index (χ1v) is 7.49. The van der Waals surface area contributed by atoms with Crippen molar-refractivity contribution in [1.29, 1.82) is 0 Å². The Morgan fingerprint density at radius 3 is 2.24 bits per heavy atom. The monoisotopic (exact) mass is 288 g/mol. The number of aromatic carboxylic acids is 1. The maximum atomic E-state index is 12.5. The van der Waals surface area contributed by atoms with Crippen molar-refractivity contribution in [3.8, 4) is 0 Å². The van der Waals surface area contributed by atoms with Gasteiger partial charge in [-0.25, -0.2) is 4.79 Å². The van der Waals surface area contributed by atoms with Gasteiger partial charge in [-0.15, -0.1) is 0 Å². The van der Waals surface area contributed by atoms with Gasteiger partial charge in [0.2, 0.25) is 0 Å². The van der Waals surface area contributed by atoms with Crippen LogP contribution in [0.4, 0.5) is 0 Å². The first kappa shape index (κ1) is 14.1. The van der Waals surface area contributed by atoms with Crippen molar-refractivity contribution in [3.05, 3.63) is 35.4 Å². The molecular weight excluding hydrogens is 268 g/mol. The van der Waals surface area contributed by atoms with Crippen LogP contribution in [0, 0.1) is 5.92 Å². The molecule has 5 heteroatoms. The van der Waals surface area contributed by atoms with Gasteiger partial charge in [-0.2, -0.15) is 0 Å². The van der Waals surface area contributed by atoms with Crippen LogP contribution >= 0.6 is 0 Å². The fourth-order valence-electron chi connectivity index (χ4n) is 2.83. The minimum atomic E-state index is -1.05. The lowest BCUT2D eigenvalue weighted by Crippen LogP contribution is -2.49. The van der Waals surface area contributed by atoms with Crippen molar-refractivity contribution >= 4 is 11.9 Å². The number of carbonyl (C=O) groups excluding carboxylic acids is 1. The Morgan fingerprint density at radius 1 is 1.05 bits per heavy atom. The van der Waals surface area contributed by atoms with Crippen LogP contribution in [0.2, 0.25) is 0 Å². The molecule has 0 radical (unpaired) electrons. The highest BCUT2D eigenvalue weighted by Crippen LogP contribution is 2.30. The normalized spacial score (nSPS) is 19.5. The van der Waals surface area contributed by atoms with E-state index in [4.69, 9.17) is 0 Å². The van der Waals surface area contributed by atoms with Crippen LogP contribution < -0.4 is 0 Å². The summed E-state index contributed by atoms with van der Waals surface area (Å²) in [7, 11) is 0. The summed E-state index contributed by atoms with van der Waals surface area (Å²) in [5, 5.41) is 9.18. The number of nitrogens with zero attached hydrogens (tertiary/aromatic N) is 2. The average Bonchev–Trinajstić information content (AvgIpc) is 3.31. The Morgan fingerprint density at radius 2 is 1.67 bits per heavy atom. The molecule has 3 rings (SSSR count). The number of carboxylic acids is 1. The quantitative estimate of drug-likeness (QED) is 0.913. The molecule has 1 saturated heterocycles. The van der Waals surface area contributed by atoms with E-state index in [1.54, 1.807) is 23.1 Å². The number of piperazine rings is 1. The van der Waals surface area contributed by atoms with Crippen LogP contribution in [0.1, 0.15) is 33.6 Å². The van der Waals surface area contributed by atoms with E-state index in [9.17, 15) is 14.7 Å². The maximum Gasteiger partial charge on any atom is 0.336 e. The van der Waals surface area contributed by atoms with Gasteiger partial charge in [0.15, 0.2) is 0 Å². The Labute approximate surface area is 124 Å². The second kappa shape index (κ2) is 5.85. The van der Waals surface area contributed by atoms with Crippen LogP contribution in [0.15, 0.2) is 24.3 Å². The molecule has 5 nitrogen and oxygen atoms in total.